The number of benzene rings is 1. The van der Waals surface area contributed by atoms with E-state index in [2.05, 4.69) is 64.7 Å². The van der Waals surface area contributed by atoms with E-state index in [0.717, 1.165) is 31.4 Å². The minimum absolute atomic E-state index is 0. The first-order valence-electron chi connectivity index (χ1n) is 8.91. The minimum Gasteiger partial charge on any atom is -0.356 e. The summed E-state index contributed by atoms with van der Waals surface area (Å²) in [7, 11) is 1.85. The predicted molar refractivity (Wildman–Crippen MR) is 114 cm³/mol. The lowest BCUT2D eigenvalue weighted by Gasteiger charge is -2.27. The minimum atomic E-state index is 0. The first kappa shape index (κ1) is 21.2. The fourth-order valence-corrected chi connectivity index (χ4v) is 3.24. The molecule has 0 amide bonds. The van der Waals surface area contributed by atoms with Gasteiger partial charge in [-0.1, -0.05) is 44.2 Å². The second kappa shape index (κ2) is 11.7. The third kappa shape index (κ3) is 7.38. The van der Waals surface area contributed by atoms with Crippen molar-refractivity contribution in [3.8, 4) is 0 Å². The molecule has 136 valence electrons. The number of likely N-dealkylation sites (tertiary alicyclic amines) is 1. The molecule has 0 bridgehead atoms. The maximum Gasteiger partial charge on any atom is 0.191 e. The number of halogens is 1. The Morgan fingerprint density at radius 3 is 2.67 bits per heavy atom. The Morgan fingerprint density at radius 2 is 2.00 bits per heavy atom. The van der Waals surface area contributed by atoms with Crippen LogP contribution in [0.25, 0.3) is 0 Å². The number of rotatable bonds is 7. The van der Waals surface area contributed by atoms with Crippen LogP contribution in [0.3, 0.4) is 0 Å². The second-order valence-electron chi connectivity index (χ2n) is 6.80. The van der Waals surface area contributed by atoms with Crippen LogP contribution in [-0.4, -0.2) is 50.1 Å². The zero-order valence-corrected chi connectivity index (χ0v) is 17.6. The van der Waals surface area contributed by atoms with Crippen LogP contribution in [0, 0.1) is 5.92 Å². The van der Waals surface area contributed by atoms with Gasteiger partial charge in [-0.2, -0.15) is 0 Å². The lowest BCUT2D eigenvalue weighted by atomic mass is 10.1. The molecule has 0 aliphatic carbocycles. The van der Waals surface area contributed by atoms with E-state index in [9.17, 15) is 0 Å². The van der Waals surface area contributed by atoms with Crippen LogP contribution in [-0.2, 0) is 6.42 Å². The smallest absolute Gasteiger partial charge is 0.191 e. The van der Waals surface area contributed by atoms with Gasteiger partial charge >= 0.3 is 0 Å². The van der Waals surface area contributed by atoms with Gasteiger partial charge in [-0.25, -0.2) is 0 Å². The molecule has 2 rings (SSSR count). The summed E-state index contributed by atoms with van der Waals surface area (Å²) in [5, 5.41) is 6.92. The largest absolute Gasteiger partial charge is 0.356 e. The van der Waals surface area contributed by atoms with Gasteiger partial charge < -0.3 is 10.6 Å². The van der Waals surface area contributed by atoms with Crippen molar-refractivity contribution in [2.24, 2.45) is 10.9 Å². The molecule has 0 saturated carbocycles. The number of aliphatic imine (C=N–C) groups is 1. The van der Waals surface area contributed by atoms with Gasteiger partial charge in [0.25, 0.3) is 0 Å². The van der Waals surface area contributed by atoms with E-state index < -0.39 is 0 Å². The van der Waals surface area contributed by atoms with Crippen LogP contribution in [0.5, 0.6) is 0 Å². The Balaban J connectivity index is 0.00000288. The van der Waals surface area contributed by atoms with Gasteiger partial charge in [-0.05, 0) is 37.3 Å². The fraction of sp³-hybridized carbons (Fsp3) is 0.632. The van der Waals surface area contributed by atoms with Crippen LogP contribution >= 0.6 is 24.0 Å². The summed E-state index contributed by atoms with van der Waals surface area (Å²) < 4.78 is 0. The lowest BCUT2D eigenvalue weighted by Crippen LogP contribution is -2.46. The van der Waals surface area contributed by atoms with Crippen molar-refractivity contribution in [1.29, 1.82) is 0 Å². The third-order valence-electron chi connectivity index (χ3n) is 4.38. The average Bonchev–Trinajstić information content (AvgIpc) is 2.98. The lowest BCUT2D eigenvalue weighted by molar-refractivity contribution is 0.226. The molecule has 4 nitrogen and oxygen atoms in total. The second-order valence-corrected chi connectivity index (χ2v) is 6.80. The van der Waals surface area contributed by atoms with Gasteiger partial charge in [0.1, 0.15) is 0 Å². The Kier molecular flexibility index (Phi) is 10.3. The van der Waals surface area contributed by atoms with Gasteiger partial charge in [-0.15, -0.1) is 24.0 Å². The van der Waals surface area contributed by atoms with Crippen molar-refractivity contribution in [1.82, 2.24) is 15.5 Å². The molecular formula is C19H33IN4. The van der Waals surface area contributed by atoms with E-state index in [1.165, 1.54) is 31.5 Å². The molecule has 1 atom stereocenters. The molecule has 0 spiro atoms. The van der Waals surface area contributed by atoms with Gasteiger partial charge in [0, 0.05) is 32.7 Å². The molecule has 1 aliphatic heterocycles. The van der Waals surface area contributed by atoms with Crippen LogP contribution in [0.2, 0.25) is 0 Å². The Morgan fingerprint density at radius 1 is 1.25 bits per heavy atom. The molecule has 1 saturated heterocycles. The maximum atomic E-state index is 4.34. The molecule has 1 heterocycles. The highest BCUT2D eigenvalue weighted by atomic mass is 127. The molecule has 2 N–H and O–H groups in total. The normalized spacial score (nSPS) is 18.5. The van der Waals surface area contributed by atoms with Gasteiger partial charge in [0.2, 0.25) is 0 Å². The zero-order valence-electron chi connectivity index (χ0n) is 15.3. The van der Waals surface area contributed by atoms with Crippen LogP contribution in [0.1, 0.15) is 32.3 Å². The fourth-order valence-electron chi connectivity index (χ4n) is 3.24. The van der Waals surface area contributed by atoms with Crippen molar-refractivity contribution >= 4 is 29.9 Å². The number of nitrogens with one attached hydrogen (secondary N) is 2. The highest BCUT2D eigenvalue weighted by Crippen LogP contribution is 2.17. The summed E-state index contributed by atoms with van der Waals surface area (Å²) in [5.74, 6) is 1.65. The molecule has 5 heteroatoms. The monoisotopic (exact) mass is 444 g/mol. The molecule has 1 aromatic carbocycles. The van der Waals surface area contributed by atoms with Crippen molar-refractivity contribution in [2.75, 3.05) is 33.2 Å². The Bertz CT molecular complexity index is 476. The summed E-state index contributed by atoms with van der Waals surface area (Å²) in [5.41, 5.74) is 1.36. The van der Waals surface area contributed by atoms with E-state index in [1.54, 1.807) is 0 Å². The molecule has 0 aromatic heterocycles. The molecular weight excluding hydrogens is 411 g/mol. The van der Waals surface area contributed by atoms with Gasteiger partial charge in [0.05, 0.1) is 0 Å². The highest BCUT2D eigenvalue weighted by molar-refractivity contribution is 14.0. The quantitative estimate of drug-likeness (QED) is 0.386. The third-order valence-corrected chi connectivity index (χ3v) is 4.38. The van der Waals surface area contributed by atoms with E-state index >= 15 is 0 Å². The molecule has 1 fully saturated rings. The van der Waals surface area contributed by atoms with E-state index in [1.807, 2.05) is 7.05 Å². The van der Waals surface area contributed by atoms with E-state index in [-0.39, 0.29) is 24.0 Å². The van der Waals surface area contributed by atoms with Gasteiger partial charge in [-0.3, -0.25) is 9.89 Å². The van der Waals surface area contributed by atoms with Crippen molar-refractivity contribution < 1.29 is 0 Å². The standard InChI is InChI=1S/C19H32N4.HI/c1-16(2)15-23-13-7-10-18(23)14-22-19(20-3)21-12-11-17-8-5-4-6-9-17;/h4-6,8-9,16,18H,7,10-15H2,1-3H3,(H2,20,21,22);1H/t18-;/m1./s1. The molecule has 0 radical (unpaired) electrons. The molecule has 1 aliphatic rings. The van der Waals surface area contributed by atoms with Crippen LogP contribution in [0.4, 0.5) is 0 Å². The maximum absolute atomic E-state index is 4.34. The molecule has 0 unspecified atom stereocenters. The SMILES string of the molecule is CN=C(NCCc1ccccc1)NC[C@H]1CCCN1CC(C)C.I. The number of guanidine groups is 1. The van der Waals surface area contributed by atoms with Crippen LogP contribution < -0.4 is 10.6 Å². The number of nitrogens with zero attached hydrogens (tertiary/aromatic N) is 2. The first-order valence-corrected chi connectivity index (χ1v) is 8.91. The predicted octanol–water partition coefficient (Wildman–Crippen LogP) is 3.13. The average molecular weight is 444 g/mol. The summed E-state index contributed by atoms with van der Waals surface area (Å²) in [6.45, 7) is 8.93. The summed E-state index contributed by atoms with van der Waals surface area (Å²) in [6, 6.07) is 11.2. The Hall–Kier alpha value is -0.820. The zero-order chi connectivity index (χ0) is 16.5. The van der Waals surface area contributed by atoms with Gasteiger partial charge in [0.15, 0.2) is 5.96 Å². The van der Waals surface area contributed by atoms with Crippen molar-refractivity contribution in [3.63, 3.8) is 0 Å². The summed E-state index contributed by atoms with van der Waals surface area (Å²) >= 11 is 0. The van der Waals surface area contributed by atoms with Crippen molar-refractivity contribution in [2.45, 2.75) is 39.2 Å². The van der Waals surface area contributed by atoms with E-state index in [0.29, 0.717) is 6.04 Å². The first-order chi connectivity index (χ1) is 11.2. The number of hydrogen-bond acceptors (Lipinski definition) is 2. The van der Waals surface area contributed by atoms with E-state index in [4.69, 9.17) is 0 Å². The Labute approximate surface area is 164 Å². The van der Waals surface area contributed by atoms with Crippen molar-refractivity contribution in [3.05, 3.63) is 35.9 Å². The molecule has 24 heavy (non-hydrogen) atoms. The highest BCUT2D eigenvalue weighted by Gasteiger charge is 2.24. The molecule has 1 aromatic rings. The summed E-state index contributed by atoms with van der Waals surface area (Å²) in [6.07, 6.45) is 3.63. The van der Waals surface area contributed by atoms with Crippen LogP contribution in [0.15, 0.2) is 35.3 Å². The number of hydrogen-bond donors (Lipinski definition) is 2. The summed E-state index contributed by atoms with van der Waals surface area (Å²) in [4.78, 5) is 6.96. The topological polar surface area (TPSA) is 39.7 Å².